The molecule has 0 aromatic rings. The summed E-state index contributed by atoms with van der Waals surface area (Å²) >= 11 is 0. The standard InChI is InChI=1S/C12H19NO3/c1-5-7-8-11(14)13(10(3)4)9-12(15)16-6-2/h1,10H,6-9H2,2-4H3. The maximum atomic E-state index is 11.7. The first-order chi connectivity index (χ1) is 7.52. The molecule has 1 amide bonds. The van der Waals surface area contributed by atoms with E-state index >= 15 is 0 Å². The molecule has 16 heavy (non-hydrogen) atoms. The molecule has 0 heterocycles. The zero-order valence-corrected chi connectivity index (χ0v) is 10.2. The summed E-state index contributed by atoms with van der Waals surface area (Å²) < 4.78 is 4.80. The van der Waals surface area contributed by atoms with Crippen molar-refractivity contribution in [1.82, 2.24) is 4.90 Å². The Morgan fingerprint density at radius 1 is 1.44 bits per heavy atom. The quantitative estimate of drug-likeness (QED) is 0.504. The molecule has 0 spiro atoms. The number of ether oxygens (including phenoxy) is 1. The normalized spacial score (nSPS) is 9.69. The number of hydrogen-bond acceptors (Lipinski definition) is 3. The molecule has 0 fully saturated rings. The molecule has 0 saturated carbocycles. The summed E-state index contributed by atoms with van der Waals surface area (Å²) in [6.07, 6.45) is 5.76. The van der Waals surface area contributed by atoms with Gasteiger partial charge in [-0.25, -0.2) is 0 Å². The van der Waals surface area contributed by atoms with Crippen molar-refractivity contribution in [3.63, 3.8) is 0 Å². The maximum Gasteiger partial charge on any atom is 0.325 e. The number of amides is 1. The Balaban J connectivity index is 4.33. The fourth-order valence-corrected chi connectivity index (χ4v) is 1.23. The minimum absolute atomic E-state index is 0.00505. The highest BCUT2D eigenvalue weighted by Gasteiger charge is 2.19. The lowest BCUT2D eigenvalue weighted by Gasteiger charge is -2.25. The van der Waals surface area contributed by atoms with E-state index in [1.807, 2.05) is 13.8 Å². The molecule has 0 bridgehead atoms. The molecule has 0 aliphatic rings. The van der Waals surface area contributed by atoms with Crippen LogP contribution in [0.25, 0.3) is 0 Å². The minimum atomic E-state index is -0.384. The van der Waals surface area contributed by atoms with Crippen LogP contribution < -0.4 is 0 Å². The van der Waals surface area contributed by atoms with E-state index in [0.717, 1.165) is 0 Å². The van der Waals surface area contributed by atoms with Gasteiger partial charge in [-0.3, -0.25) is 9.59 Å². The third-order valence-corrected chi connectivity index (χ3v) is 2.03. The van der Waals surface area contributed by atoms with E-state index in [9.17, 15) is 9.59 Å². The van der Waals surface area contributed by atoms with Gasteiger partial charge in [0.2, 0.25) is 5.91 Å². The van der Waals surface area contributed by atoms with E-state index in [-0.39, 0.29) is 30.9 Å². The number of hydrogen-bond donors (Lipinski definition) is 0. The molecule has 4 heteroatoms. The van der Waals surface area contributed by atoms with Crippen LogP contribution in [0.5, 0.6) is 0 Å². The summed E-state index contributed by atoms with van der Waals surface area (Å²) in [5.41, 5.74) is 0. The Morgan fingerprint density at radius 2 is 2.06 bits per heavy atom. The van der Waals surface area contributed by atoms with Gasteiger partial charge in [0.1, 0.15) is 6.54 Å². The summed E-state index contributed by atoms with van der Waals surface area (Å²) in [4.78, 5) is 24.5. The van der Waals surface area contributed by atoms with Gasteiger partial charge in [0.05, 0.1) is 6.61 Å². The molecule has 0 N–H and O–H groups in total. The van der Waals surface area contributed by atoms with Crippen molar-refractivity contribution in [2.75, 3.05) is 13.2 Å². The van der Waals surface area contributed by atoms with Crippen molar-refractivity contribution in [3.8, 4) is 12.3 Å². The number of nitrogens with zero attached hydrogens (tertiary/aromatic N) is 1. The average molecular weight is 225 g/mol. The average Bonchev–Trinajstić information content (AvgIpc) is 2.22. The summed E-state index contributed by atoms with van der Waals surface area (Å²) in [6, 6.07) is -0.0327. The third kappa shape index (κ3) is 5.40. The van der Waals surface area contributed by atoms with Crippen molar-refractivity contribution in [2.45, 2.75) is 39.7 Å². The first-order valence-corrected chi connectivity index (χ1v) is 5.41. The molecular formula is C12H19NO3. The molecule has 0 radical (unpaired) electrons. The van der Waals surface area contributed by atoms with Crippen molar-refractivity contribution < 1.29 is 14.3 Å². The number of rotatable bonds is 6. The Labute approximate surface area is 96.9 Å². The van der Waals surface area contributed by atoms with Gasteiger partial charge in [-0.2, -0.15) is 0 Å². The molecule has 0 aliphatic heterocycles. The van der Waals surface area contributed by atoms with Crippen LogP contribution in [0.1, 0.15) is 33.6 Å². The van der Waals surface area contributed by atoms with Gasteiger partial charge in [0.15, 0.2) is 0 Å². The van der Waals surface area contributed by atoms with Crippen LogP contribution in [0.3, 0.4) is 0 Å². The van der Waals surface area contributed by atoms with Gasteiger partial charge >= 0.3 is 5.97 Å². The lowest BCUT2D eigenvalue weighted by molar-refractivity contribution is -0.150. The number of carbonyl (C=O) groups excluding carboxylic acids is 2. The van der Waals surface area contributed by atoms with Crippen molar-refractivity contribution in [1.29, 1.82) is 0 Å². The first kappa shape index (κ1) is 14.5. The maximum absolute atomic E-state index is 11.7. The van der Waals surface area contributed by atoms with Crippen molar-refractivity contribution in [2.24, 2.45) is 0 Å². The minimum Gasteiger partial charge on any atom is -0.465 e. The summed E-state index contributed by atoms with van der Waals surface area (Å²) in [5, 5.41) is 0. The Hall–Kier alpha value is -1.50. The Morgan fingerprint density at radius 3 is 2.50 bits per heavy atom. The molecular weight excluding hydrogens is 206 g/mol. The predicted molar refractivity (Wildman–Crippen MR) is 61.5 cm³/mol. The van der Waals surface area contributed by atoms with Crippen LogP contribution in [0.2, 0.25) is 0 Å². The summed E-state index contributed by atoms with van der Waals surface area (Å²) in [6.45, 7) is 5.76. The zero-order chi connectivity index (χ0) is 12.6. The summed E-state index contributed by atoms with van der Waals surface area (Å²) in [7, 11) is 0. The molecule has 0 unspecified atom stereocenters. The van der Waals surface area contributed by atoms with Crippen LogP contribution in [-0.2, 0) is 14.3 Å². The van der Waals surface area contributed by atoms with E-state index in [4.69, 9.17) is 11.2 Å². The fourth-order valence-electron chi connectivity index (χ4n) is 1.23. The van der Waals surface area contributed by atoms with Crippen LogP contribution in [0.4, 0.5) is 0 Å². The van der Waals surface area contributed by atoms with Gasteiger partial charge in [-0.05, 0) is 20.8 Å². The molecule has 0 rings (SSSR count). The Bertz CT molecular complexity index is 278. The highest BCUT2D eigenvalue weighted by molar-refractivity contribution is 5.82. The second-order valence-electron chi connectivity index (χ2n) is 3.62. The molecule has 90 valence electrons. The number of esters is 1. The van der Waals surface area contributed by atoms with Gasteiger partial charge in [-0.15, -0.1) is 12.3 Å². The van der Waals surface area contributed by atoms with E-state index < -0.39 is 0 Å². The number of carbonyl (C=O) groups is 2. The topological polar surface area (TPSA) is 46.6 Å². The lowest BCUT2D eigenvalue weighted by Crippen LogP contribution is -2.41. The van der Waals surface area contributed by atoms with Crippen LogP contribution in [-0.4, -0.2) is 36.0 Å². The van der Waals surface area contributed by atoms with Crippen molar-refractivity contribution >= 4 is 11.9 Å². The molecule has 4 nitrogen and oxygen atoms in total. The van der Waals surface area contributed by atoms with Gasteiger partial charge < -0.3 is 9.64 Å². The summed E-state index contributed by atoms with van der Waals surface area (Å²) in [5.74, 6) is 1.91. The molecule has 0 aromatic carbocycles. The second kappa shape index (κ2) is 7.75. The van der Waals surface area contributed by atoms with Crippen molar-refractivity contribution in [3.05, 3.63) is 0 Å². The highest BCUT2D eigenvalue weighted by atomic mass is 16.5. The monoisotopic (exact) mass is 225 g/mol. The van der Waals surface area contributed by atoms with E-state index in [2.05, 4.69) is 5.92 Å². The van der Waals surface area contributed by atoms with E-state index in [1.165, 1.54) is 4.90 Å². The lowest BCUT2D eigenvalue weighted by atomic mass is 10.2. The zero-order valence-electron chi connectivity index (χ0n) is 10.2. The fraction of sp³-hybridized carbons (Fsp3) is 0.667. The van der Waals surface area contributed by atoms with E-state index in [1.54, 1.807) is 6.92 Å². The van der Waals surface area contributed by atoms with Crippen LogP contribution >= 0.6 is 0 Å². The van der Waals surface area contributed by atoms with Gasteiger partial charge in [-0.1, -0.05) is 0 Å². The Kier molecular flexibility index (Phi) is 7.02. The van der Waals surface area contributed by atoms with E-state index in [0.29, 0.717) is 13.0 Å². The predicted octanol–water partition coefficient (Wildman–Crippen LogP) is 1.20. The molecule has 0 atom stereocenters. The smallest absolute Gasteiger partial charge is 0.325 e. The molecule has 0 aromatic heterocycles. The second-order valence-corrected chi connectivity index (χ2v) is 3.62. The first-order valence-electron chi connectivity index (χ1n) is 5.41. The highest BCUT2D eigenvalue weighted by Crippen LogP contribution is 2.04. The van der Waals surface area contributed by atoms with Gasteiger partial charge in [0, 0.05) is 18.9 Å². The van der Waals surface area contributed by atoms with Crippen LogP contribution in [0, 0.1) is 12.3 Å². The largest absolute Gasteiger partial charge is 0.465 e. The van der Waals surface area contributed by atoms with Crippen LogP contribution in [0.15, 0.2) is 0 Å². The SMILES string of the molecule is C#CCCC(=O)N(CC(=O)OCC)C(C)C. The molecule has 0 saturated heterocycles. The van der Waals surface area contributed by atoms with Gasteiger partial charge in [0.25, 0.3) is 0 Å². The third-order valence-electron chi connectivity index (χ3n) is 2.03. The molecule has 0 aliphatic carbocycles. The number of terminal acetylenes is 1.